The molecule has 26 heavy (non-hydrogen) atoms. The Labute approximate surface area is 159 Å². The Morgan fingerprint density at radius 3 is 2.58 bits per heavy atom. The average molecular weight is 379 g/mol. The number of rotatable bonds is 8. The lowest BCUT2D eigenvalue weighted by Crippen LogP contribution is -2.43. The van der Waals surface area contributed by atoms with Crippen LogP contribution >= 0.6 is 11.6 Å². The Morgan fingerprint density at radius 1 is 1.27 bits per heavy atom. The fourth-order valence-electron chi connectivity index (χ4n) is 2.84. The Balaban J connectivity index is 2.03. The van der Waals surface area contributed by atoms with Crippen molar-refractivity contribution in [2.24, 2.45) is 4.99 Å². The summed E-state index contributed by atoms with van der Waals surface area (Å²) in [5, 5.41) is 11.2. The molecular weight excluding hydrogens is 352 g/mol. The SMILES string of the molecule is CCN(CC)C(CNC(=NC)NCc1noc(C)n1)c1ccccc1Cl. The predicted octanol–water partition coefficient (Wildman–Crippen LogP) is 2.78. The Morgan fingerprint density at radius 2 is 2.00 bits per heavy atom. The molecule has 142 valence electrons. The first-order chi connectivity index (χ1) is 12.6. The van der Waals surface area contributed by atoms with Gasteiger partial charge >= 0.3 is 0 Å². The summed E-state index contributed by atoms with van der Waals surface area (Å²) in [5.74, 6) is 1.82. The molecule has 0 bridgehead atoms. The summed E-state index contributed by atoms with van der Waals surface area (Å²) in [7, 11) is 1.73. The van der Waals surface area contributed by atoms with Crippen molar-refractivity contribution in [3.05, 3.63) is 46.6 Å². The number of nitrogens with one attached hydrogen (secondary N) is 2. The number of nitrogens with zero attached hydrogens (tertiary/aromatic N) is 4. The van der Waals surface area contributed by atoms with Gasteiger partial charge in [0, 0.05) is 25.5 Å². The minimum absolute atomic E-state index is 0.143. The van der Waals surface area contributed by atoms with Crippen molar-refractivity contribution in [1.82, 2.24) is 25.7 Å². The molecule has 1 aromatic heterocycles. The highest BCUT2D eigenvalue weighted by Crippen LogP contribution is 2.26. The van der Waals surface area contributed by atoms with Crippen LogP contribution in [0, 0.1) is 6.92 Å². The zero-order valence-electron chi connectivity index (χ0n) is 15.8. The van der Waals surface area contributed by atoms with Crippen molar-refractivity contribution in [3.8, 4) is 0 Å². The second-order valence-corrected chi connectivity index (χ2v) is 6.20. The summed E-state index contributed by atoms with van der Waals surface area (Å²) >= 11 is 6.44. The average Bonchev–Trinajstić information content (AvgIpc) is 3.07. The van der Waals surface area contributed by atoms with E-state index in [0.29, 0.717) is 30.8 Å². The molecule has 1 aromatic carbocycles. The Bertz CT molecular complexity index is 713. The maximum absolute atomic E-state index is 6.44. The maximum Gasteiger partial charge on any atom is 0.223 e. The zero-order chi connectivity index (χ0) is 18.9. The fraction of sp³-hybridized carbons (Fsp3) is 0.500. The fourth-order valence-corrected chi connectivity index (χ4v) is 3.10. The number of aromatic nitrogens is 2. The lowest BCUT2D eigenvalue weighted by atomic mass is 10.0. The van der Waals surface area contributed by atoms with Crippen molar-refractivity contribution < 1.29 is 4.52 Å². The standard InChI is InChI=1S/C18H27ClN6O/c1-5-25(6-2)16(14-9-7-8-10-15(14)19)11-21-18(20-4)22-12-17-23-13(3)26-24-17/h7-10,16H,5-6,11-12H2,1-4H3,(H2,20,21,22). The van der Waals surface area contributed by atoms with Crippen molar-refractivity contribution in [1.29, 1.82) is 0 Å². The van der Waals surface area contributed by atoms with Gasteiger partial charge in [0.15, 0.2) is 11.8 Å². The Kier molecular flexibility index (Phi) is 7.87. The van der Waals surface area contributed by atoms with Gasteiger partial charge in [-0.3, -0.25) is 9.89 Å². The molecular formula is C18H27ClN6O. The summed E-state index contributed by atoms with van der Waals surface area (Å²) < 4.78 is 4.98. The van der Waals surface area contributed by atoms with Crippen LogP contribution in [0.3, 0.4) is 0 Å². The van der Waals surface area contributed by atoms with Crippen molar-refractivity contribution in [2.75, 3.05) is 26.7 Å². The van der Waals surface area contributed by atoms with Crippen LogP contribution < -0.4 is 10.6 Å². The van der Waals surface area contributed by atoms with Crippen molar-refractivity contribution >= 4 is 17.6 Å². The van der Waals surface area contributed by atoms with E-state index >= 15 is 0 Å². The number of hydrogen-bond donors (Lipinski definition) is 2. The van der Waals surface area contributed by atoms with Gasteiger partial charge in [0.1, 0.15) is 0 Å². The monoisotopic (exact) mass is 378 g/mol. The minimum Gasteiger partial charge on any atom is -0.354 e. The normalized spacial score (nSPS) is 13.1. The van der Waals surface area contributed by atoms with E-state index in [9.17, 15) is 0 Å². The van der Waals surface area contributed by atoms with Gasteiger partial charge in [0.25, 0.3) is 0 Å². The van der Waals surface area contributed by atoms with Gasteiger partial charge in [-0.15, -0.1) is 0 Å². The van der Waals surface area contributed by atoms with Gasteiger partial charge in [-0.1, -0.05) is 48.8 Å². The number of likely N-dealkylation sites (N-methyl/N-ethyl adjacent to an activating group) is 1. The number of benzene rings is 1. The number of halogens is 1. The first-order valence-electron chi connectivity index (χ1n) is 8.81. The number of hydrogen-bond acceptors (Lipinski definition) is 5. The molecule has 8 heteroatoms. The van der Waals surface area contributed by atoms with Crippen LogP contribution in [0.5, 0.6) is 0 Å². The highest BCUT2D eigenvalue weighted by Gasteiger charge is 2.20. The maximum atomic E-state index is 6.44. The van der Waals surface area contributed by atoms with Crippen LogP contribution in [0.4, 0.5) is 0 Å². The molecule has 2 N–H and O–H groups in total. The van der Waals surface area contributed by atoms with E-state index in [2.05, 4.69) is 50.6 Å². The summed E-state index contributed by atoms with van der Waals surface area (Å²) in [6.45, 7) is 9.06. The summed E-state index contributed by atoms with van der Waals surface area (Å²) in [6, 6.07) is 8.12. The van der Waals surface area contributed by atoms with Crippen LogP contribution in [-0.4, -0.2) is 47.7 Å². The van der Waals surface area contributed by atoms with Crippen LogP contribution in [-0.2, 0) is 6.54 Å². The highest BCUT2D eigenvalue weighted by molar-refractivity contribution is 6.31. The smallest absolute Gasteiger partial charge is 0.223 e. The molecule has 0 aliphatic rings. The molecule has 2 rings (SSSR count). The van der Waals surface area contributed by atoms with Crippen LogP contribution in [0.25, 0.3) is 0 Å². The van der Waals surface area contributed by atoms with Crippen molar-refractivity contribution in [3.63, 3.8) is 0 Å². The van der Waals surface area contributed by atoms with E-state index in [1.54, 1.807) is 14.0 Å². The lowest BCUT2D eigenvalue weighted by molar-refractivity contribution is 0.219. The molecule has 0 saturated heterocycles. The van der Waals surface area contributed by atoms with E-state index in [4.69, 9.17) is 16.1 Å². The van der Waals surface area contributed by atoms with Gasteiger partial charge in [-0.2, -0.15) is 4.98 Å². The topological polar surface area (TPSA) is 78.6 Å². The number of guanidine groups is 1. The van der Waals surface area contributed by atoms with Gasteiger partial charge in [0.2, 0.25) is 5.89 Å². The third-order valence-corrected chi connectivity index (χ3v) is 4.53. The third-order valence-electron chi connectivity index (χ3n) is 4.19. The first-order valence-corrected chi connectivity index (χ1v) is 9.19. The third kappa shape index (κ3) is 5.44. The summed E-state index contributed by atoms with van der Waals surface area (Å²) in [4.78, 5) is 10.8. The minimum atomic E-state index is 0.143. The second kappa shape index (κ2) is 10.1. The predicted molar refractivity (Wildman–Crippen MR) is 104 cm³/mol. The van der Waals surface area contributed by atoms with Crippen LogP contribution in [0.2, 0.25) is 5.02 Å². The van der Waals surface area contributed by atoms with E-state index in [1.165, 1.54) is 0 Å². The molecule has 0 aliphatic carbocycles. The molecule has 1 atom stereocenters. The molecule has 7 nitrogen and oxygen atoms in total. The van der Waals surface area contributed by atoms with E-state index in [-0.39, 0.29) is 6.04 Å². The molecule has 0 aliphatic heterocycles. The number of aryl methyl sites for hydroxylation is 1. The van der Waals surface area contributed by atoms with Gasteiger partial charge in [-0.25, -0.2) is 0 Å². The molecule has 1 heterocycles. The summed E-state index contributed by atoms with van der Waals surface area (Å²) in [6.07, 6.45) is 0. The lowest BCUT2D eigenvalue weighted by Gasteiger charge is -2.31. The van der Waals surface area contributed by atoms with E-state index in [0.717, 1.165) is 23.7 Å². The molecule has 1 unspecified atom stereocenters. The van der Waals surface area contributed by atoms with Crippen molar-refractivity contribution in [2.45, 2.75) is 33.4 Å². The first kappa shape index (κ1) is 20.2. The van der Waals surface area contributed by atoms with E-state index < -0.39 is 0 Å². The molecule has 0 saturated carbocycles. The van der Waals surface area contributed by atoms with Gasteiger partial charge < -0.3 is 15.2 Å². The Hall–Kier alpha value is -2.12. The molecule has 0 radical (unpaired) electrons. The van der Waals surface area contributed by atoms with Gasteiger partial charge in [0.05, 0.1) is 12.6 Å². The van der Waals surface area contributed by atoms with E-state index in [1.807, 2.05) is 18.2 Å². The quantitative estimate of drug-likeness (QED) is 0.543. The summed E-state index contributed by atoms with van der Waals surface area (Å²) in [5.41, 5.74) is 1.11. The molecule has 0 fully saturated rings. The molecule has 0 amide bonds. The second-order valence-electron chi connectivity index (χ2n) is 5.79. The van der Waals surface area contributed by atoms with Crippen LogP contribution in [0.15, 0.2) is 33.8 Å². The largest absolute Gasteiger partial charge is 0.354 e. The zero-order valence-corrected chi connectivity index (χ0v) is 16.5. The van der Waals surface area contributed by atoms with Crippen LogP contribution in [0.1, 0.15) is 37.2 Å². The molecule has 0 spiro atoms. The van der Waals surface area contributed by atoms with Gasteiger partial charge in [-0.05, 0) is 24.7 Å². The highest BCUT2D eigenvalue weighted by atomic mass is 35.5. The molecule has 2 aromatic rings. The number of aliphatic imine (C=N–C) groups is 1.